The molecule has 0 unspecified atom stereocenters. The van der Waals surface area contributed by atoms with Gasteiger partial charge >= 0.3 is 0 Å². The van der Waals surface area contributed by atoms with Gasteiger partial charge in [0.05, 0.1) is 5.51 Å². The molecule has 1 rings (SSSR count). The number of nitrogens with one attached hydrogen (secondary N) is 1. The molecule has 1 aromatic rings. The molecule has 0 aliphatic heterocycles. The normalized spacial score (nSPS) is 10.0. The number of carbonyl (C=O) groups is 1. The Morgan fingerprint density at radius 1 is 1.77 bits per heavy atom. The van der Waals surface area contributed by atoms with Crippen molar-refractivity contribution in [2.24, 2.45) is 0 Å². The highest BCUT2D eigenvalue weighted by atomic mass is 32.1. The van der Waals surface area contributed by atoms with Crippen molar-refractivity contribution in [3.8, 4) is 0 Å². The maximum Gasteiger partial charge on any atom is 0.273 e. The topological polar surface area (TPSA) is 45.2 Å². The molecule has 13 heavy (non-hydrogen) atoms. The van der Waals surface area contributed by atoms with Crippen molar-refractivity contribution in [2.45, 2.75) is 0 Å². The van der Waals surface area contributed by atoms with E-state index < -0.39 is 0 Å². The summed E-state index contributed by atoms with van der Waals surface area (Å²) in [6.07, 6.45) is 0. The van der Waals surface area contributed by atoms with E-state index in [1.165, 1.54) is 11.3 Å². The zero-order chi connectivity index (χ0) is 9.68. The standard InChI is InChI=1S/C8H13N3OS/c1-9-3-4-11(2)8(12)7-5-13-6-10-7/h5-6,9H,3-4H2,1-2H3. The van der Waals surface area contributed by atoms with Gasteiger partial charge in [0.25, 0.3) is 5.91 Å². The highest BCUT2D eigenvalue weighted by Crippen LogP contribution is 2.03. The number of likely N-dealkylation sites (N-methyl/N-ethyl adjacent to an activating group) is 2. The Labute approximate surface area is 81.6 Å². The average Bonchev–Trinajstić information content (AvgIpc) is 2.65. The molecule has 0 atom stereocenters. The smallest absolute Gasteiger partial charge is 0.273 e. The maximum absolute atomic E-state index is 11.6. The van der Waals surface area contributed by atoms with E-state index in [1.54, 1.807) is 22.8 Å². The van der Waals surface area contributed by atoms with Gasteiger partial charge in [-0.1, -0.05) is 0 Å². The van der Waals surface area contributed by atoms with Crippen LogP contribution < -0.4 is 5.32 Å². The molecule has 1 amide bonds. The fourth-order valence-corrected chi connectivity index (χ4v) is 1.42. The van der Waals surface area contributed by atoms with E-state index in [1.807, 2.05) is 7.05 Å². The maximum atomic E-state index is 11.6. The Bertz CT molecular complexity index is 260. The highest BCUT2D eigenvalue weighted by molar-refractivity contribution is 7.07. The minimum absolute atomic E-state index is 0.0171. The van der Waals surface area contributed by atoms with E-state index in [0.717, 1.165) is 6.54 Å². The number of nitrogens with zero attached hydrogens (tertiary/aromatic N) is 2. The first-order valence-electron chi connectivity index (χ1n) is 4.04. The second-order valence-electron chi connectivity index (χ2n) is 2.70. The van der Waals surface area contributed by atoms with Crippen LogP contribution in [-0.4, -0.2) is 43.0 Å². The predicted octanol–water partition coefficient (Wildman–Crippen LogP) is 0.435. The molecule has 0 saturated carbocycles. The first-order chi connectivity index (χ1) is 6.25. The molecule has 0 fully saturated rings. The van der Waals surface area contributed by atoms with Crippen LogP contribution in [0.3, 0.4) is 0 Å². The number of hydrogen-bond acceptors (Lipinski definition) is 4. The summed E-state index contributed by atoms with van der Waals surface area (Å²) in [5, 5.41) is 4.75. The Kier molecular flexibility index (Phi) is 3.85. The van der Waals surface area contributed by atoms with Crippen LogP contribution in [0.1, 0.15) is 10.5 Å². The zero-order valence-corrected chi connectivity index (χ0v) is 8.60. The number of aromatic nitrogens is 1. The van der Waals surface area contributed by atoms with E-state index in [4.69, 9.17) is 0 Å². The molecule has 72 valence electrons. The fourth-order valence-electron chi connectivity index (χ4n) is 0.895. The van der Waals surface area contributed by atoms with E-state index in [2.05, 4.69) is 10.3 Å². The summed E-state index contributed by atoms with van der Waals surface area (Å²) in [5.74, 6) is -0.0171. The summed E-state index contributed by atoms with van der Waals surface area (Å²) < 4.78 is 0. The lowest BCUT2D eigenvalue weighted by Gasteiger charge is -2.14. The van der Waals surface area contributed by atoms with Crippen molar-refractivity contribution in [3.63, 3.8) is 0 Å². The van der Waals surface area contributed by atoms with Gasteiger partial charge in [0, 0.05) is 25.5 Å². The Morgan fingerprint density at radius 3 is 3.08 bits per heavy atom. The fraction of sp³-hybridized carbons (Fsp3) is 0.500. The second kappa shape index (κ2) is 4.94. The molecule has 0 aromatic carbocycles. The summed E-state index contributed by atoms with van der Waals surface area (Å²) in [5.41, 5.74) is 2.20. The van der Waals surface area contributed by atoms with Crippen molar-refractivity contribution < 1.29 is 4.79 Å². The van der Waals surface area contributed by atoms with Gasteiger partial charge in [-0.15, -0.1) is 11.3 Å². The molecule has 4 nitrogen and oxygen atoms in total. The minimum atomic E-state index is -0.0171. The summed E-state index contributed by atoms with van der Waals surface area (Å²) in [7, 11) is 3.64. The van der Waals surface area contributed by atoms with Gasteiger partial charge in [0.15, 0.2) is 0 Å². The molecular formula is C8H13N3OS. The summed E-state index contributed by atoms with van der Waals surface area (Å²) >= 11 is 1.43. The molecule has 1 aromatic heterocycles. The van der Waals surface area contributed by atoms with Crippen molar-refractivity contribution in [1.29, 1.82) is 0 Å². The SMILES string of the molecule is CNCCN(C)C(=O)c1cscn1. The minimum Gasteiger partial charge on any atom is -0.339 e. The number of rotatable bonds is 4. The van der Waals surface area contributed by atoms with Crippen molar-refractivity contribution in [1.82, 2.24) is 15.2 Å². The molecule has 1 N–H and O–H groups in total. The lowest BCUT2D eigenvalue weighted by atomic mass is 10.4. The van der Waals surface area contributed by atoms with Crippen molar-refractivity contribution in [2.75, 3.05) is 27.2 Å². The van der Waals surface area contributed by atoms with Crippen molar-refractivity contribution in [3.05, 3.63) is 16.6 Å². The van der Waals surface area contributed by atoms with Gasteiger partial charge in [0.1, 0.15) is 5.69 Å². The van der Waals surface area contributed by atoms with Gasteiger partial charge in [-0.2, -0.15) is 0 Å². The van der Waals surface area contributed by atoms with E-state index in [-0.39, 0.29) is 5.91 Å². The summed E-state index contributed by atoms with van der Waals surface area (Å²) in [6.45, 7) is 1.50. The summed E-state index contributed by atoms with van der Waals surface area (Å²) in [6, 6.07) is 0. The van der Waals surface area contributed by atoms with Gasteiger partial charge in [-0.25, -0.2) is 4.98 Å². The van der Waals surface area contributed by atoms with E-state index >= 15 is 0 Å². The largest absolute Gasteiger partial charge is 0.339 e. The third-order valence-corrected chi connectivity index (χ3v) is 2.28. The number of thiazole rings is 1. The zero-order valence-electron chi connectivity index (χ0n) is 7.78. The number of amides is 1. The van der Waals surface area contributed by atoms with Gasteiger partial charge < -0.3 is 10.2 Å². The number of hydrogen-bond donors (Lipinski definition) is 1. The van der Waals surface area contributed by atoms with Crippen LogP contribution in [0, 0.1) is 0 Å². The Morgan fingerprint density at radius 2 is 2.54 bits per heavy atom. The molecule has 0 aliphatic rings. The lowest BCUT2D eigenvalue weighted by molar-refractivity contribution is 0.0792. The third-order valence-electron chi connectivity index (χ3n) is 1.70. The van der Waals surface area contributed by atoms with Gasteiger partial charge in [-0.3, -0.25) is 4.79 Å². The van der Waals surface area contributed by atoms with Crippen molar-refractivity contribution >= 4 is 17.2 Å². The molecule has 5 heteroatoms. The molecule has 0 spiro atoms. The quantitative estimate of drug-likeness (QED) is 0.765. The average molecular weight is 199 g/mol. The van der Waals surface area contributed by atoms with Gasteiger partial charge in [0.2, 0.25) is 0 Å². The molecule has 0 radical (unpaired) electrons. The third kappa shape index (κ3) is 2.78. The Hall–Kier alpha value is -0.940. The first-order valence-corrected chi connectivity index (χ1v) is 4.98. The molecule has 0 aliphatic carbocycles. The molecular weight excluding hydrogens is 186 g/mol. The van der Waals surface area contributed by atoms with Gasteiger partial charge in [-0.05, 0) is 7.05 Å². The van der Waals surface area contributed by atoms with Crippen LogP contribution in [0.25, 0.3) is 0 Å². The monoisotopic (exact) mass is 199 g/mol. The first kappa shape index (κ1) is 10.1. The van der Waals surface area contributed by atoms with E-state index in [0.29, 0.717) is 12.2 Å². The predicted molar refractivity (Wildman–Crippen MR) is 53.0 cm³/mol. The number of carbonyl (C=O) groups excluding carboxylic acids is 1. The highest BCUT2D eigenvalue weighted by Gasteiger charge is 2.11. The summed E-state index contributed by atoms with van der Waals surface area (Å²) in [4.78, 5) is 17.2. The molecule has 1 heterocycles. The van der Waals surface area contributed by atoms with Crippen LogP contribution in [-0.2, 0) is 0 Å². The molecule has 0 bridgehead atoms. The van der Waals surface area contributed by atoms with Crippen LogP contribution >= 0.6 is 11.3 Å². The van der Waals surface area contributed by atoms with Crippen LogP contribution in [0.5, 0.6) is 0 Å². The van der Waals surface area contributed by atoms with Crippen LogP contribution in [0.15, 0.2) is 10.9 Å². The lowest BCUT2D eigenvalue weighted by Crippen LogP contribution is -2.32. The van der Waals surface area contributed by atoms with Crippen LogP contribution in [0.2, 0.25) is 0 Å². The Balaban J connectivity index is 2.48. The second-order valence-corrected chi connectivity index (χ2v) is 3.42. The molecule has 0 saturated heterocycles. The van der Waals surface area contributed by atoms with Crippen LogP contribution in [0.4, 0.5) is 0 Å². The van der Waals surface area contributed by atoms with E-state index in [9.17, 15) is 4.79 Å².